The van der Waals surface area contributed by atoms with Crippen molar-refractivity contribution in [1.29, 1.82) is 0 Å². The highest BCUT2D eigenvalue weighted by Crippen LogP contribution is 2.27. The van der Waals surface area contributed by atoms with Gasteiger partial charge in [0, 0.05) is 34.6 Å². The molecule has 3 rings (SSSR count). The van der Waals surface area contributed by atoms with Crippen LogP contribution in [0, 0.1) is 0 Å². The highest BCUT2D eigenvalue weighted by molar-refractivity contribution is 9.10. The molecule has 9 heteroatoms. The van der Waals surface area contributed by atoms with E-state index in [2.05, 4.69) is 37.5 Å². The standard InChI is InChI=1S/C10H10BrN3.C2HF3O2/c11-7-1-2-9-8(3-7)10(14-13-9)6-4-12-5-6;3-2(4,5)1(6)7/h1-3,6,12H,4-5H2,(H,13,14);(H,6,7). The highest BCUT2D eigenvalue weighted by atomic mass is 79.9. The first kappa shape index (κ1) is 15.8. The summed E-state index contributed by atoms with van der Waals surface area (Å²) >= 11 is 3.48. The second-order valence-electron chi connectivity index (χ2n) is 4.46. The number of hydrogen-bond acceptors (Lipinski definition) is 3. The Kier molecular flexibility index (Phi) is 4.52. The van der Waals surface area contributed by atoms with Gasteiger partial charge >= 0.3 is 12.1 Å². The van der Waals surface area contributed by atoms with Crippen LogP contribution in [0.25, 0.3) is 10.9 Å². The zero-order valence-corrected chi connectivity index (χ0v) is 12.1. The van der Waals surface area contributed by atoms with Crippen LogP contribution in [0.4, 0.5) is 13.2 Å². The minimum Gasteiger partial charge on any atom is -0.475 e. The quantitative estimate of drug-likeness (QED) is 0.725. The van der Waals surface area contributed by atoms with E-state index in [-0.39, 0.29) is 0 Å². The molecule has 1 aromatic carbocycles. The number of fused-ring (bicyclic) bond motifs is 1. The van der Waals surface area contributed by atoms with Crippen LogP contribution in [-0.2, 0) is 4.79 Å². The van der Waals surface area contributed by atoms with E-state index < -0.39 is 12.1 Å². The first-order chi connectivity index (χ1) is 9.79. The Morgan fingerprint density at radius 2 is 2.00 bits per heavy atom. The van der Waals surface area contributed by atoms with Crippen LogP contribution >= 0.6 is 15.9 Å². The molecule has 1 saturated heterocycles. The third-order valence-electron chi connectivity index (χ3n) is 2.98. The van der Waals surface area contributed by atoms with Crippen LogP contribution < -0.4 is 5.32 Å². The number of aromatic amines is 1. The fourth-order valence-electron chi connectivity index (χ4n) is 1.81. The molecule has 1 aliphatic heterocycles. The molecule has 5 nitrogen and oxygen atoms in total. The number of carboxylic acids is 1. The predicted molar refractivity (Wildman–Crippen MR) is 73.1 cm³/mol. The van der Waals surface area contributed by atoms with Gasteiger partial charge in [0.1, 0.15) is 0 Å². The number of carbonyl (C=O) groups is 1. The van der Waals surface area contributed by atoms with E-state index in [0.717, 1.165) is 23.1 Å². The Hall–Kier alpha value is -1.61. The highest BCUT2D eigenvalue weighted by Gasteiger charge is 2.38. The SMILES string of the molecule is Brc1ccc2n[nH]c(C3CNC3)c2c1.O=C(O)C(F)(F)F. The first-order valence-electron chi connectivity index (χ1n) is 5.93. The van der Waals surface area contributed by atoms with Crippen molar-refractivity contribution >= 4 is 32.8 Å². The Labute approximate surface area is 125 Å². The molecule has 0 spiro atoms. The largest absolute Gasteiger partial charge is 0.490 e. The van der Waals surface area contributed by atoms with Gasteiger partial charge in [0.2, 0.25) is 0 Å². The van der Waals surface area contributed by atoms with Gasteiger partial charge in [-0.15, -0.1) is 0 Å². The Balaban J connectivity index is 0.000000199. The number of carboxylic acid groups (broad SMARTS) is 1. The number of aliphatic carboxylic acids is 1. The minimum atomic E-state index is -5.08. The number of nitrogens with zero attached hydrogens (tertiary/aromatic N) is 1. The van der Waals surface area contributed by atoms with Crippen molar-refractivity contribution in [1.82, 2.24) is 15.5 Å². The molecule has 0 radical (unpaired) electrons. The van der Waals surface area contributed by atoms with Gasteiger partial charge in [-0.1, -0.05) is 15.9 Å². The predicted octanol–water partition coefficient (Wildman–Crippen LogP) is 2.65. The van der Waals surface area contributed by atoms with Crippen molar-refractivity contribution in [2.24, 2.45) is 0 Å². The van der Waals surface area contributed by atoms with Crippen LogP contribution in [-0.4, -0.2) is 40.5 Å². The van der Waals surface area contributed by atoms with E-state index in [1.165, 1.54) is 11.1 Å². The van der Waals surface area contributed by atoms with E-state index >= 15 is 0 Å². The van der Waals surface area contributed by atoms with Crippen LogP contribution in [0.5, 0.6) is 0 Å². The monoisotopic (exact) mass is 365 g/mol. The van der Waals surface area contributed by atoms with Crippen molar-refractivity contribution in [2.45, 2.75) is 12.1 Å². The topological polar surface area (TPSA) is 78.0 Å². The third kappa shape index (κ3) is 3.73. The molecule has 21 heavy (non-hydrogen) atoms. The van der Waals surface area contributed by atoms with Crippen LogP contribution in [0.3, 0.4) is 0 Å². The fraction of sp³-hybridized carbons (Fsp3) is 0.333. The number of rotatable bonds is 1. The molecule has 0 saturated carbocycles. The number of H-pyrrole nitrogens is 1. The molecular weight excluding hydrogens is 355 g/mol. The van der Waals surface area contributed by atoms with Crippen LogP contribution in [0.2, 0.25) is 0 Å². The maximum absolute atomic E-state index is 10.6. The zero-order valence-electron chi connectivity index (χ0n) is 10.5. The smallest absolute Gasteiger partial charge is 0.475 e. The van der Waals surface area contributed by atoms with E-state index in [9.17, 15) is 13.2 Å². The zero-order chi connectivity index (χ0) is 15.6. The van der Waals surface area contributed by atoms with Gasteiger partial charge in [-0.2, -0.15) is 18.3 Å². The summed E-state index contributed by atoms with van der Waals surface area (Å²) in [5, 5.41) is 19.1. The lowest BCUT2D eigenvalue weighted by molar-refractivity contribution is -0.192. The lowest BCUT2D eigenvalue weighted by Crippen LogP contribution is -2.40. The summed E-state index contributed by atoms with van der Waals surface area (Å²) in [4.78, 5) is 8.90. The van der Waals surface area contributed by atoms with Gasteiger partial charge in [0.05, 0.1) is 5.52 Å². The summed E-state index contributed by atoms with van der Waals surface area (Å²) in [5.74, 6) is -2.15. The number of aromatic nitrogens is 2. The maximum Gasteiger partial charge on any atom is 0.490 e. The van der Waals surface area contributed by atoms with Gasteiger partial charge < -0.3 is 10.4 Å². The molecular formula is C12H11BrF3N3O2. The van der Waals surface area contributed by atoms with E-state index in [4.69, 9.17) is 9.90 Å². The minimum absolute atomic E-state index is 0.606. The molecule has 0 atom stereocenters. The van der Waals surface area contributed by atoms with Crippen molar-refractivity contribution in [2.75, 3.05) is 13.1 Å². The molecule has 1 aromatic heterocycles. The molecule has 0 amide bonds. The summed E-state index contributed by atoms with van der Waals surface area (Å²) in [5.41, 5.74) is 2.31. The summed E-state index contributed by atoms with van der Waals surface area (Å²) in [7, 11) is 0. The lowest BCUT2D eigenvalue weighted by atomic mass is 9.97. The number of halogens is 4. The molecule has 2 heterocycles. The second kappa shape index (κ2) is 6.02. The van der Waals surface area contributed by atoms with Crippen molar-refractivity contribution in [3.63, 3.8) is 0 Å². The average molecular weight is 366 g/mol. The molecule has 1 aliphatic rings. The van der Waals surface area contributed by atoms with Gasteiger partial charge in [0.15, 0.2) is 0 Å². The molecule has 0 aliphatic carbocycles. The summed E-state index contributed by atoms with van der Waals surface area (Å²) in [6, 6.07) is 6.18. The lowest BCUT2D eigenvalue weighted by Gasteiger charge is -2.26. The molecule has 0 unspecified atom stereocenters. The molecule has 3 N–H and O–H groups in total. The molecule has 0 bridgehead atoms. The van der Waals surface area contributed by atoms with Crippen LogP contribution in [0.1, 0.15) is 11.6 Å². The van der Waals surface area contributed by atoms with E-state index in [0.29, 0.717) is 5.92 Å². The second-order valence-corrected chi connectivity index (χ2v) is 5.37. The molecule has 1 fully saturated rings. The maximum atomic E-state index is 10.6. The number of benzene rings is 1. The van der Waals surface area contributed by atoms with Gasteiger partial charge in [-0.05, 0) is 18.2 Å². The Morgan fingerprint density at radius 1 is 1.38 bits per heavy atom. The van der Waals surface area contributed by atoms with Crippen molar-refractivity contribution in [3.8, 4) is 0 Å². The molecule has 114 valence electrons. The van der Waals surface area contributed by atoms with E-state index in [1.807, 2.05) is 12.1 Å². The third-order valence-corrected chi connectivity index (χ3v) is 3.47. The van der Waals surface area contributed by atoms with Gasteiger partial charge in [-0.25, -0.2) is 4.79 Å². The van der Waals surface area contributed by atoms with Crippen molar-refractivity contribution < 1.29 is 23.1 Å². The first-order valence-corrected chi connectivity index (χ1v) is 6.72. The number of alkyl halides is 3. The molecule has 2 aromatic rings. The Bertz CT molecular complexity index is 653. The van der Waals surface area contributed by atoms with Crippen molar-refractivity contribution in [3.05, 3.63) is 28.4 Å². The normalized spacial score (nSPS) is 15.2. The Morgan fingerprint density at radius 3 is 2.48 bits per heavy atom. The van der Waals surface area contributed by atoms with E-state index in [1.54, 1.807) is 0 Å². The van der Waals surface area contributed by atoms with Gasteiger partial charge in [-0.3, -0.25) is 5.10 Å². The number of hydrogen-bond donors (Lipinski definition) is 3. The fourth-order valence-corrected chi connectivity index (χ4v) is 2.17. The summed E-state index contributed by atoms with van der Waals surface area (Å²) in [6.07, 6.45) is -5.08. The average Bonchev–Trinajstić information content (AvgIpc) is 2.70. The number of nitrogens with one attached hydrogen (secondary N) is 2. The summed E-state index contributed by atoms with van der Waals surface area (Å²) in [6.45, 7) is 2.12. The van der Waals surface area contributed by atoms with Crippen LogP contribution in [0.15, 0.2) is 22.7 Å². The van der Waals surface area contributed by atoms with Gasteiger partial charge in [0.25, 0.3) is 0 Å². The summed E-state index contributed by atoms with van der Waals surface area (Å²) < 4.78 is 32.8.